The minimum Gasteiger partial charge on any atom is -0.482 e. The van der Waals surface area contributed by atoms with Gasteiger partial charge in [0.1, 0.15) is 5.75 Å². The van der Waals surface area contributed by atoms with Crippen molar-refractivity contribution in [2.75, 3.05) is 13.2 Å². The van der Waals surface area contributed by atoms with E-state index >= 15 is 0 Å². The number of benzene rings is 1. The summed E-state index contributed by atoms with van der Waals surface area (Å²) in [6, 6.07) is 5.34. The van der Waals surface area contributed by atoms with Crippen LogP contribution in [0.25, 0.3) is 0 Å². The largest absolute Gasteiger partial charge is 0.482 e. The van der Waals surface area contributed by atoms with Crippen molar-refractivity contribution < 1.29 is 14.3 Å². The van der Waals surface area contributed by atoms with Crippen LogP contribution in [0.5, 0.6) is 5.75 Å². The third-order valence-electron chi connectivity index (χ3n) is 4.99. The van der Waals surface area contributed by atoms with E-state index in [9.17, 15) is 4.79 Å². The molecule has 0 radical (unpaired) electrons. The van der Waals surface area contributed by atoms with Gasteiger partial charge in [0.25, 0.3) is 0 Å². The molecule has 0 amide bonds. The Kier molecular flexibility index (Phi) is 14.8. The summed E-state index contributed by atoms with van der Waals surface area (Å²) in [4.78, 5) is 11.7. The molecule has 1 aromatic rings. The topological polar surface area (TPSA) is 35.5 Å². The number of unbranched alkanes of at least 4 members (excludes halogenated alkanes) is 12. The Morgan fingerprint density at radius 1 is 0.857 bits per heavy atom. The van der Waals surface area contributed by atoms with Gasteiger partial charge in [-0.05, 0) is 37.1 Å². The fourth-order valence-corrected chi connectivity index (χ4v) is 3.49. The lowest BCUT2D eigenvalue weighted by atomic mass is 10.0. The van der Waals surface area contributed by atoms with Crippen LogP contribution in [0.4, 0.5) is 0 Å². The molecule has 0 aliphatic heterocycles. The van der Waals surface area contributed by atoms with E-state index in [1.165, 1.54) is 70.6 Å². The molecule has 28 heavy (non-hydrogen) atoms. The molecule has 0 atom stereocenters. The van der Waals surface area contributed by atoms with Gasteiger partial charge < -0.3 is 9.47 Å². The van der Waals surface area contributed by atoms with Crippen LogP contribution in [0.2, 0.25) is 5.02 Å². The van der Waals surface area contributed by atoms with E-state index in [4.69, 9.17) is 21.1 Å². The maximum absolute atomic E-state index is 11.7. The summed E-state index contributed by atoms with van der Waals surface area (Å²) in [5.41, 5.74) is 0.914. The average molecular weight is 411 g/mol. The lowest BCUT2D eigenvalue weighted by Gasteiger charge is -2.09. The Morgan fingerprint density at radius 3 is 1.93 bits per heavy atom. The molecule has 1 aromatic carbocycles. The maximum Gasteiger partial charge on any atom is 0.344 e. The summed E-state index contributed by atoms with van der Waals surface area (Å²) in [5, 5.41) is 0.662. The van der Waals surface area contributed by atoms with E-state index in [0.717, 1.165) is 18.4 Å². The van der Waals surface area contributed by atoms with Crippen molar-refractivity contribution in [3.8, 4) is 5.75 Å². The summed E-state index contributed by atoms with van der Waals surface area (Å²) >= 11 is 5.91. The Bertz CT molecular complexity index is 531. The fourth-order valence-electron chi connectivity index (χ4n) is 3.26. The Labute approximate surface area is 177 Å². The standard InChI is InChI=1S/C24H39ClO3/c1-3-4-5-6-7-8-9-10-11-12-13-14-15-18-27-24(26)20-28-23-17-16-22(25)19-21(23)2/h16-17,19H,3-15,18,20H2,1-2H3. The molecular weight excluding hydrogens is 372 g/mol. The van der Waals surface area contributed by atoms with Crippen molar-refractivity contribution in [3.63, 3.8) is 0 Å². The zero-order chi connectivity index (χ0) is 20.5. The van der Waals surface area contributed by atoms with Crippen LogP contribution in [0.1, 0.15) is 96.0 Å². The molecule has 1 rings (SSSR count). The molecule has 0 aliphatic rings. The summed E-state index contributed by atoms with van der Waals surface area (Å²) < 4.78 is 10.7. The third-order valence-corrected chi connectivity index (χ3v) is 5.23. The molecule has 160 valence electrons. The first-order chi connectivity index (χ1) is 13.6. The Hall–Kier alpha value is -1.22. The molecule has 0 aromatic heterocycles. The first kappa shape index (κ1) is 24.8. The van der Waals surface area contributed by atoms with E-state index < -0.39 is 0 Å². The van der Waals surface area contributed by atoms with Gasteiger partial charge in [-0.3, -0.25) is 0 Å². The summed E-state index contributed by atoms with van der Waals surface area (Å²) in [6.45, 7) is 4.60. The monoisotopic (exact) mass is 410 g/mol. The molecule has 0 unspecified atom stereocenters. The van der Waals surface area contributed by atoms with Crippen molar-refractivity contribution >= 4 is 17.6 Å². The highest BCUT2D eigenvalue weighted by Gasteiger charge is 2.06. The number of rotatable bonds is 17. The number of carbonyl (C=O) groups is 1. The second kappa shape index (κ2) is 16.7. The summed E-state index contributed by atoms with van der Waals surface area (Å²) in [6.07, 6.45) is 17.0. The van der Waals surface area contributed by atoms with Crippen LogP contribution in [0.3, 0.4) is 0 Å². The van der Waals surface area contributed by atoms with Crippen LogP contribution < -0.4 is 4.74 Å². The van der Waals surface area contributed by atoms with Gasteiger partial charge in [0.15, 0.2) is 6.61 Å². The minimum absolute atomic E-state index is 0.0546. The predicted octanol–water partition coefficient (Wildman–Crippen LogP) is 7.66. The molecular formula is C24H39ClO3. The van der Waals surface area contributed by atoms with Crippen LogP contribution >= 0.6 is 11.6 Å². The van der Waals surface area contributed by atoms with Gasteiger partial charge >= 0.3 is 5.97 Å². The fraction of sp³-hybridized carbons (Fsp3) is 0.708. The van der Waals surface area contributed by atoms with E-state index in [1.807, 2.05) is 13.0 Å². The molecule has 0 fully saturated rings. The second-order valence-electron chi connectivity index (χ2n) is 7.66. The van der Waals surface area contributed by atoms with Crippen LogP contribution in [0, 0.1) is 6.92 Å². The molecule has 0 bridgehead atoms. The van der Waals surface area contributed by atoms with E-state index in [0.29, 0.717) is 17.4 Å². The number of halogens is 1. The Morgan fingerprint density at radius 2 is 1.39 bits per heavy atom. The normalized spacial score (nSPS) is 10.8. The number of aryl methyl sites for hydroxylation is 1. The molecule has 0 saturated heterocycles. The van der Waals surface area contributed by atoms with Gasteiger partial charge in [-0.15, -0.1) is 0 Å². The number of esters is 1. The number of hydrogen-bond acceptors (Lipinski definition) is 3. The smallest absolute Gasteiger partial charge is 0.344 e. The highest BCUT2D eigenvalue weighted by atomic mass is 35.5. The SMILES string of the molecule is CCCCCCCCCCCCCCCOC(=O)COc1ccc(Cl)cc1C. The molecule has 0 N–H and O–H groups in total. The first-order valence-corrected chi connectivity index (χ1v) is 11.6. The van der Waals surface area contributed by atoms with Crippen molar-refractivity contribution in [1.29, 1.82) is 0 Å². The van der Waals surface area contributed by atoms with Gasteiger partial charge in [-0.25, -0.2) is 4.79 Å². The summed E-state index contributed by atoms with van der Waals surface area (Å²) in [7, 11) is 0. The zero-order valence-electron chi connectivity index (χ0n) is 17.9. The van der Waals surface area contributed by atoms with Crippen LogP contribution in [0.15, 0.2) is 18.2 Å². The molecule has 4 heteroatoms. The van der Waals surface area contributed by atoms with Gasteiger partial charge in [0, 0.05) is 5.02 Å². The van der Waals surface area contributed by atoms with Crippen molar-refractivity contribution in [2.45, 2.75) is 97.3 Å². The van der Waals surface area contributed by atoms with Crippen molar-refractivity contribution in [3.05, 3.63) is 28.8 Å². The van der Waals surface area contributed by atoms with Gasteiger partial charge in [0.2, 0.25) is 0 Å². The first-order valence-electron chi connectivity index (χ1n) is 11.2. The van der Waals surface area contributed by atoms with Crippen LogP contribution in [-0.4, -0.2) is 19.2 Å². The molecule has 0 heterocycles. The Balaban J connectivity index is 1.87. The van der Waals surface area contributed by atoms with Crippen molar-refractivity contribution in [1.82, 2.24) is 0 Å². The molecule has 0 spiro atoms. The highest BCUT2D eigenvalue weighted by Crippen LogP contribution is 2.21. The summed E-state index contributed by atoms with van der Waals surface area (Å²) in [5.74, 6) is 0.357. The van der Waals surface area contributed by atoms with Crippen molar-refractivity contribution in [2.24, 2.45) is 0 Å². The van der Waals surface area contributed by atoms with Gasteiger partial charge in [0.05, 0.1) is 6.61 Å². The minimum atomic E-state index is -0.312. The van der Waals surface area contributed by atoms with Crippen LogP contribution in [-0.2, 0) is 9.53 Å². The molecule has 0 aliphatic carbocycles. The molecule has 0 saturated carbocycles. The van der Waals surface area contributed by atoms with Gasteiger partial charge in [-0.2, -0.15) is 0 Å². The van der Waals surface area contributed by atoms with E-state index in [1.54, 1.807) is 12.1 Å². The lowest BCUT2D eigenvalue weighted by Crippen LogP contribution is -2.15. The quantitative estimate of drug-likeness (QED) is 0.195. The maximum atomic E-state index is 11.7. The number of hydrogen-bond donors (Lipinski definition) is 0. The average Bonchev–Trinajstić information content (AvgIpc) is 2.67. The van der Waals surface area contributed by atoms with Gasteiger partial charge in [-0.1, -0.05) is 95.6 Å². The molecule has 3 nitrogen and oxygen atoms in total. The third kappa shape index (κ3) is 13.0. The van der Waals surface area contributed by atoms with E-state index in [-0.39, 0.29) is 12.6 Å². The zero-order valence-corrected chi connectivity index (χ0v) is 18.7. The lowest BCUT2D eigenvalue weighted by molar-refractivity contribution is -0.146. The highest BCUT2D eigenvalue weighted by molar-refractivity contribution is 6.30. The van der Waals surface area contributed by atoms with E-state index in [2.05, 4.69) is 6.92 Å². The number of ether oxygens (including phenoxy) is 2. The second-order valence-corrected chi connectivity index (χ2v) is 8.10. The number of carbonyl (C=O) groups excluding carboxylic acids is 1. The predicted molar refractivity (Wildman–Crippen MR) is 118 cm³/mol.